The van der Waals surface area contributed by atoms with Gasteiger partial charge in [-0.15, -0.1) is 11.3 Å². The maximum absolute atomic E-state index is 13.7. The summed E-state index contributed by atoms with van der Waals surface area (Å²) in [6, 6.07) is 14.1. The SMILES string of the molecule is CCc1ccc(-n2c(=O)c3c4c(sc3n(Cc3cc(C)ccc3C)c2=O)CCC4)cc1. The van der Waals surface area contributed by atoms with Crippen molar-refractivity contribution in [2.45, 2.75) is 53.0 Å². The van der Waals surface area contributed by atoms with Crippen molar-refractivity contribution in [2.75, 3.05) is 0 Å². The molecule has 2 aromatic heterocycles. The van der Waals surface area contributed by atoms with E-state index in [-0.39, 0.29) is 11.2 Å². The van der Waals surface area contributed by atoms with Crippen LogP contribution in [0.15, 0.2) is 52.1 Å². The second-order valence-electron chi connectivity index (χ2n) is 8.50. The van der Waals surface area contributed by atoms with Gasteiger partial charge in [0.15, 0.2) is 0 Å². The number of benzene rings is 2. The number of aromatic nitrogens is 2. The molecule has 0 unspecified atom stereocenters. The zero-order chi connectivity index (χ0) is 21.7. The van der Waals surface area contributed by atoms with E-state index < -0.39 is 0 Å². The summed E-state index contributed by atoms with van der Waals surface area (Å²) in [6.45, 7) is 6.71. The molecule has 0 radical (unpaired) electrons. The maximum Gasteiger partial charge on any atom is 0.337 e. The Bertz CT molecular complexity index is 1420. The maximum atomic E-state index is 13.7. The lowest BCUT2D eigenvalue weighted by molar-refractivity contribution is 0.715. The highest BCUT2D eigenvalue weighted by atomic mass is 32.1. The van der Waals surface area contributed by atoms with E-state index in [2.05, 4.69) is 39.0 Å². The number of nitrogens with zero attached hydrogens (tertiary/aromatic N) is 2. The molecular weight excluding hydrogens is 404 g/mol. The first-order valence-corrected chi connectivity index (χ1v) is 11.7. The summed E-state index contributed by atoms with van der Waals surface area (Å²) in [5.41, 5.74) is 5.97. The van der Waals surface area contributed by atoms with E-state index in [0.29, 0.717) is 12.2 Å². The van der Waals surface area contributed by atoms with Gasteiger partial charge >= 0.3 is 5.69 Å². The molecule has 2 heterocycles. The summed E-state index contributed by atoms with van der Waals surface area (Å²) in [4.78, 5) is 29.4. The van der Waals surface area contributed by atoms with Crippen molar-refractivity contribution in [3.63, 3.8) is 0 Å². The molecule has 0 N–H and O–H groups in total. The first-order valence-electron chi connectivity index (χ1n) is 10.9. The van der Waals surface area contributed by atoms with Gasteiger partial charge in [0.2, 0.25) is 0 Å². The van der Waals surface area contributed by atoms with Crippen molar-refractivity contribution >= 4 is 21.6 Å². The van der Waals surface area contributed by atoms with Crippen molar-refractivity contribution in [1.29, 1.82) is 0 Å². The van der Waals surface area contributed by atoms with Gasteiger partial charge in [-0.05, 0) is 73.9 Å². The number of aryl methyl sites for hydroxylation is 5. The Balaban J connectivity index is 1.80. The van der Waals surface area contributed by atoms with Crippen molar-refractivity contribution in [3.8, 4) is 5.69 Å². The molecule has 1 aliphatic rings. The Kier molecular flexibility index (Phi) is 4.94. The van der Waals surface area contributed by atoms with Crippen LogP contribution in [0.4, 0.5) is 0 Å². The summed E-state index contributed by atoms with van der Waals surface area (Å²) in [5.74, 6) is 0. The van der Waals surface area contributed by atoms with E-state index >= 15 is 0 Å². The van der Waals surface area contributed by atoms with E-state index in [0.717, 1.165) is 52.6 Å². The minimum Gasteiger partial charge on any atom is -0.279 e. The summed E-state index contributed by atoms with van der Waals surface area (Å²) >= 11 is 1.63. The monoisotopic (exact) mass is 430 g/mol. The van der Waals surface area contributed by atoms with E-state index in [1.807, 2.05) is 28.8 Å². The van der Waals surface area contributed by atoms with Crippen molar-refractivity contribution < 1.29 is 0 Å². The fraction of sp³-hybridized carbons (Fsp3) is 0.308. The molecule has 5 rings (SSSR count). The van der Waals surface area contributed by atoms with Gasteiger partial charge in [-0.1, -0.05) is 42.8 Å². The van der Waals surface area contributed by atoms with Crippen LogP contribution in [0, 0.1) is 13.8 Å². The Morgan fingerprint density at radius 1 is 1.00 bits per heavy atom. The third-order valence-corrected chi connectivity index (χ3v) is 7.74. The largest absolute Gasteiger partial charge is 0.337 e. The fourth-order valence-electron chi connectivity index (χ4n) is 4.60. The lowest BCUT2D eigenvalue weighted by Crippen LogP contribution is -2.39. The lowest BCUT2D eigenvalue weighted by atomic mass is 10.1. The fourth-order valence-corrected chi connectivity index (χ4v) is 5.97. The molecule has 2 aromatic carbocycles. The molecule has 4 nitrogen and oxygen atoms in total. The number of thiophene rings is 1. The van der Waals surface area contributed by atoms with Crippen LogP contribution in [-0.4, -0.2) is 9.13 Å². The number of hydrogen-bond donors (Lipinski definition) is 0. The Morgan fingerprint density at radius 2 is 1.77 bits per heavy atom. The molecule has 1 aliphatic carbocycles. The first-order chi connectivity index (χ1) is 15.0. The van der Waals surface area contributed by atoms with Crippen LogP contribution >= 0.6 is 11.3 Å². The minimum absolute atomic E-state index is 0.180. The molecule has 0 fully saturated rings. The van der Waals surface area contributed by atoms with Crippen LogP contribution in [0.2, 0.25) is 0 Å². The second-order valence-corrected chi connectivity index (χ2v) is 9.58. The van der Waals surface area contributed by atoms with Gasteiger partial charge in [-0.2, -0.15) is 0 Å². The van der Waals surface area contributed by atoms with Gasteiger partial charge in [-0.3, -0.25) is 9.36 Å². The number of hydrogen-bond acceptors (Lipinski definition) is 3. The Labute approximate surface area is 185 Å². The van der Waals surface area contributed by atoms with E-state index in [1.54, 1.807) is 11.3 Å². The standard InChI is InChI=1S/C26H26N2O2S/c1-4-18-10-12-20(13-11-18)28-24(29)23-21-6-5-7-22(21)31-25(23)27(26(28)30)15-19-14-16(2)8-9-17(19)3/h8-14H,4-7,15H2,1-3H3. The molecule has 0 amide bonds. The van der Waals surface area contributed by atoms with E-state index in [4.69, 9.17) is 0 Å². The van der Waals surface area contributed by atoms with E-state index in [9.17, 15) is 9.59 Å². The molecule has 0 atom stereocenters. The van der Waals surface area contributed by atoms with Crippen molar-refractivity contribution in [2.24, 2.45) is 0 Å². The molecular formula is C26H26N2O2S. The third kappa shape index (κ3) is 3.28. The predicted octanol–water partition coefficient (Wildman–Crippen LogP) is 4.93. The average Bonchev–Trinajstić information content (AvgIpc) is 3.35. The normalized spacial score (nSPS) is 13.1. The van der Waals surface area contributed by atoms with E-state index in [1.165, 1.54) is 20.6 Å². The molecule has 0 aliphatic heterocycles. The Hall–Kier alpha value is -2.92. The predicted molar refractivity (Wildman–Crippen MR) is 128 cm³/mol. The molecule has 4 aromatic rings. The van der Waals surface area contributed by atoms with Crippen LogP contribution in [0.5, 0.6) is 0 Å². The van der Waals surface area contributed by atoms with Crippen molar-refractivity contribution in [3.05, 3.63) is 96.0 Å². The molecule has 0 saturated carbocycles. The quantitative estimate of drug-likeness (QED) is 0.461. The number of rotatable bonds is 4. The molecule has 0 spiro atoms. The highest BCUT2D eigenvalue weighted by molar-refractivity contribution is 7.18. The van der Waals surface area contributed by atoms with Crippen LogP contribution in [0.25, 0.3) is 15.9 Å². The van der Waals surface area contributed by atoms with Crippen molar-refractivity contribution in [1.82, 2.24) is 9.13 Å². The Morgan fingerprint density at radius 3 is 2.52 bits per heavy atom. The smallest absolute Gasteiger partial charge is 0.279 e. The highest BCUT2D eigenvalue weighted by Crippen LogP contribution is 2.35. The molecule has 0 bridgehead atoms. The van der Waals surface area contributed by atoms with Gasteiger partial charge in [0, 0.05) is 4.88 Å². The van der Waals surface area contributed by atoms with Gasteiger partial charge in [-0.25, -0.2) is 9.36 Å². The van der Waals surface area contributed by atoms with Crippen LogP contribution < -0.4 is 11.2 Å². The second kappa shape index (κ2) is 7.65. The van der Waals surface area contributed by atoms with Gasteiger partial charge < -0.3 is 0 Å². The molecule has 31 heavy (non-hydrogen) atoms. The highest BCUT2D eigenvalue weighted by Gasteiger charge is 2.25. The first kappa shape index (κ1) is 20.0. The molecule has 0 saturated heterocycles. The lowest BCUT2D eigenvalue weighted by Gasteiger charge is -2.15. The average molecular weight is 431 g/mol. The molecule has 5 heteroatoms. The van der Waals surface area contributed by atoms with Gasteiger partial charge in [0.1, 0.15) is 4.83 Å². The summed E-state index contributed by atoms with van der Waals surface area (Å²) in [7, 11) is 0. The zero-order valence-electron chi connectivity index (χ0n) is 18.2. The minimum atomic E-state index is -0.262. The summed E-state index contributed by atoms with van der Waals surface area (Å²) < 4.78 is 3.19. The van der Waals surface area contributed by atoms with Crippen LogP contribution in [0.3, 0.4) is 0 Å². The van der Waals surface area contributed by atoms with Gasteiger partial charge in [0.05, 0.1) is 17.6 Å². The summed E-state index contributed by atoms with van der Waals surface area (Å²) in [6.07, 6.45) is 3.92. The third-order valence-electron chi connectivity index (χ3n) is 6.42. The zero-order valence-corrected chi connectivity index (χ0v) is 19.0. The molecule has 158 valence electrons. The van der Waals surface area contributed by atoms with Gasteiger partial charge in [0.25, 0.3) is 5.56 Å². The van der Waals surface area contributed by atoms with Crippen LogP contribution in [-0.2, 0) is 25.8 Å². The van der Waals surface area contributed by atoms with Crippen LogP contribution in [0.1, 0.15) is 46.0 Å². The summed E-state index contributed by atoms with van der Waals surface area (Å²) in [5, 5.41) is 0.738. The topological polar surface area (TPSA) is 44.0 Å². The number of fused-ring (bicyclic) bond motifs is 3.